The second-order valence-electron chi connectivity index (χ2n) is 8.39. The third kappa shape index (κ3) is 4.40. The number of hydrogen-bond donors (Lipinski definition) is 0. The molecule has 0 amide bonds. The van der Waals surface area contributed by atoms with Crippen molar-refractivity contribution in [3.63, 3.8) is 0 Å². The van der Waals surface area contributed by atoms with Crippen molar-refractivity contribution in [1.29, 1.82) is 0 Å². The van der Waals surface area contributed by atoms with Crippen LogP contribution in [0.15, 0.2) is 30.3 Å². The van der Waals surface area contributed by atoms with Gasteiger partial charge in [-0.3, -0.25) is 9.69 Å². The molecule has 1 aromatic carbocycles. The number of benzene rings is 1. The largest absolute Gasteiger partial charge is 0.495 e. The number of anilines is 1. The summed E-state index contributed by atoms with van der Waals surface area (Å²) in [5.41, 5.74) is 4.20. The predicted octanol–water partition coefficient (Wildman–Crippen LogP) is 3.30. The van der Waals surface area contributed by atoms with Crippen LogP contribution in [-0.4, -0.2) is 67.8 Å². The van der Waals surface area contributed by atoms with Gasteiger partial charge in [-0.2, -0.15) is 0 Å². The van der Waals surface area contributed by atoms with E-state index in [1.165, 1.54) is 0 Å². The first-order chi connectivity index (χ1) is 14.6. The van der Waals surface area contributed by atoms with Gasteiger partial charge in [0, 0.05) is 56.3 Å². The molecule has 30 heavy (non-hydrogen) atoms. The Morgan fingerprint density at radius 2 is 1.93 bits per heavy atom. The van der Waals surface area contributed by atoms with Crippen LogP contribution < -0.4 is 9.64 Å². The van der Waals surface area contributed by atoms with Gasteiger partial charge in [0.15, 0.2) is 5.78 Å². The van der Waals surface area contributed by atoms with Crippen LogP contribution in [0.25, 0.3) is 0 Å². The summed E-state index contributed by atoms with van der Waals surface area (Å²) in [5.74, 6) is 1.12. The van der Waals surface area contributed by atoms with E-state index in [2.05, 4.69) is 40.3 Å². The highest BCUT2D eigenvalue weighted by Crippen LogP contribution is 2.28. The van der Waals surface area contributed by atoms with Gasteiger partial charge in [-0.15, -0.1) is 0 Å². The standard InChI is InChI=1S/C24H33N3O3/c1-18-15-21(19(2)27(18)16-20-7-6-14-30-20)23(28)17-25-10-12-26(13-11-25)22-8-4-5-9-24(22)29-3/h4-5,8-9,15,20H,6-7,10-14,16-17H2,1-3H3/t20-/m0/s1. The van der Waals surface area contributed by atoms with Crippen molar-refractivity contribution in [2.45, 2.75) is 39.3 Å². The van der Waals surface area contributed by atoms with E-state index in [1.807, 2.05) is 18.2 Å². The topological polar surface area (TPSA) is 46.9 Å². The first-order valence-electron chi connectivity index (χ1n) is 11.0. The number of methoxy groups -OCH3 is 1. The smallest absolute Gasteiger partial charge is 0.178 e. The average Bonchev–Trinajstić information content (AvgIpc) is 3.38. The third-order valence-electron chi connectivity index (χ3n) is 6.45. The summed E-state index contributed by atoms with van der Waals surface area (Å²) >= 11 is 0. The SMILES string of the molecule is COc1ccccc1N1CCN(CC(=O)c2cc(C)n(C[C@@H]3CCCO3)c2C)CC1. The van der Waals surface area contributed by atoms with Crippen LogP contribution in [-0.2, 0) is 11.3 Å². The second kappa shape index (κ2) is 9.23. The minimum absolute atomic E-state index is 0.215. The van der Waals surface area contributed by atoms with Gasteiger partial charge in [0.2, 0.25) is 0 Å². The predicted molar refractivity (Wildman–Crippen MR) is 119 cm³/mol. The number of ether oxygens (including phenoxy) is 2. The van der Waals surface area contributed by atoms with Crippen molar-refractivity contribution in [3.05, 3.63) is 47.3 Å². The molecule has 0 unspecified atom stereocenters. The molecular formula is C24H33N3O3. The summed E-state index contributed by atoms with van der Waals surface area (Å²) < 4.78 is 13.5. The minimum atomic E-state index is 0.215. The van der Waals surface area contributed by atoms with Gasteiger partial charge in [0.25, 0.3) is 0 Å². The Morgan fingerprint density at radius 3 is 2.63 bits per heavy atom. The molecule has 0 saturated carbocycles. The molecule has 3 heterocycles. The van der Waals surface area contributed by atoms with Crippen molar-refractivity contribution in [3.8, 4) is 5.75 Å². The molecule has 162 valence electrons. The van der Waals surface area contributed by atoms with E-state index in [4.69, 9.17) is 9.47 Å². The number of para-hydroxylation sites is 2. The number of hydrogen-bond acceptors (Lipinski definition) is 5. The molecule has 0 radical (unpaired) electrons. The zero-order chi connectivity index (χ0) is 21.1. The Bertz CT molecular complexity index is 878. The maximum absolute atomic E-state index is 13.1. The quantitative estimate of drug-likeness (QED) is 0.655. The van der Waals surface area contributed by atoms with Gasteiger partial charge < -0.3 is 18.9 Å². The number of ketones is 1. The van der Waals surface area contributed by atoms with Gasteiger partial charge in [0.05, 0.1) is 25.4 Å². The molecule has 0 aliphatic carbocycles. The van der Waals surface area contributed by atoms with E-state index in [1.54, 1.807) is 7.11 Å². The number of aromatic nitrogens is 1. The minimum Gasteiger partial charge on any atom is -0.495 e. The zero-order valence-electron chi connectivity index (χ0n) is 18.4. The maximum atomic E-state index is 13.1. The average molecular weight is 412 g/mol. The molecule has 2 aliphatic heterocycles. The number of carbonyl (C=O) groups is 1. The fourth-order valence-corrected chi connectivity index (χ4v) is 4.68. The van der Waals surface area contributed by atoms with Gasteiger partial charge >= 0.3 is 0 Å². The molecule has 6 heteroatoms. The number of rotatable bonds is 7. The monoisotopic (exact) mass is 411 g/mol. The molecule has 1 atom stereocenters. The third-order valence-corrected chi connectivity index (χ3v) is 6.45. The summed E-state index contributed by atoms with van der Waals surface area (Å²) in [6.07, 6.45) is 2.52. The Balaban J connectivity index is 1.36. The van der Waals surface area contributed by atoms with E-state index in [0.29, 0.717) is 6.54 Å². The normalized spacial score (nSPS) is 20.0. The lowest BCUT2D eigenvalue weighted by Gasteiger charge is -2.36. The number of carbonyl (C=O) groups excluding carboxylic acids is 1. The molecule has 2 fully saturated rings. The summed E-state index contributed by atoms with van der Waals surface area (Å²) in [5, 5.41) is 0. The van der Waals surface area contributed by atoms with Crippen molar-refractivity contribution in [2.24, 2.45) is 0 Å². The van der Waals surface area contributed by atoms with Crippen LogP contribution in [0.1, 0.15) is 34.6 Å². The van der Waals surface area contributed by atoms with E-state index < -0.39 is 0 Å². The van der Waals surface area contributed by atoms with Gasteiger partial charge in [0.1, 0.15) is 5.75 Å². The molecule has 4 rings (SSSR count). The van der Waals surface area contributed by atoms with E-state index in [-0.39, 0.29) is 11.9 Å². The summed E-state index contributed by atoms with van der Waals surface area (Å²) in [4.78, 5) is 17.7. The highest BCUT2D eigenvalue weighted by atomic mass is 16.5. The molecule has 2 aromatic rings. The van der Waals surface area contributed by atoms with Crippen molar-refractivity contribution in [2.75, 3.05) is 51.3 Å². The lowest BCUT2D eigenvalue weighted by Crippen LogP contribution is -2.48. The molecule has 0 spiro atoms. The van der Waals surface area contributed by atoms with Crippen molar-refractivity contribution in [1.82, 2.24) is 9.47 Å². The second-order valence-corrected chi connectivity index (χ2v) is 8.39. The first-order valence-corrected chi connectivity index (χ1v) is 11.0. The number of piperazine rings is 1. The van der Waals surface area contributed by atoms with Crippen molar-refractivity contribution >= 4 is 11.5 Å². The molecular weight excluding hydrogens is 378 g/mol. The fourth-order valence-electron chi connectivity index (χ4n) is 4.68. The number of Topliss-reactive ketones (excluding diaryl/α,β-unsaturated/α-hetero) is 1. The number of aryl methyl sites for hydroxylation is 1. The lowest BCUT2D eigenvalue weighted by molar-refractivity contribution is 0.0918. The fraction of sp³-hybridized carbons (Fsp3) is 0.542. The lowest BCUT2D eigenvalue weighted by atomic mass is 10.1. The maximum Gasteiger partial charge on any atom is 0.178 e. The van der Waals surface area contributed by atoms with E-state index >= 15 is 0 Å². The van der Waals surface area contributed by atoms with Crippen LogP contribution >= 0.6 is 0 Å². The molecule has 2 saturated heterocycles. The molecule has 2 aliphatic rings. The van der Waals surface area contributed by atoms with Gasteiger partial charge in [-0.25, -0.2) is 0 Å². The zero-order valence-corrected chi connectivity index (χ0v) is 18.4. The summed E-state index contributed by atoms with van der Waals surface area (Å²) in [6.45, 7) is 9.87. The van der Waals surface area contributed by atoms with Crippen LogP contribution in [0, 0.1) is 13.8 Å². The Hall–Kier alpha value is -2.31. The summed E-state index contributed by atoms with van der Waals surface area (Å²) in [6, 6.07) is 10.2. The molecule has 1 aromatic heterocycles. The first kappa shape index (κ1) is 20.9. The Morgan fingerprint density at radius 1 is 1.17 bits per heavy atom. The van der Waals surface area contributed by atoms with Crippen LogP contribution in [0.5, 0.6) is 5.75 Å². The van der Waals surface area contributed by atoms with Gasteiger partial charge in [-0.05, 0) is 44.9 Å². The van der Waals surface area contributed by atoms with Crippen LogP contribution in [0.4, 0.5) is 5.69 Å². The van der Waals surface area contributed by atoms with E-state index in [0.717, 1.165) is 80.6 Å². The summed E-state index contributed by atoms with van der Waals surface area (Å²) in [7, 11) is 1.71. The Kier molecular flexibility index (Phi) is 6.44. The molecule has 0 bridgehead atoms. The molecule has 0 N–H and O–H groups in total. The highest BCUT2D eigenvalue weighted by Gasteiger charge is 2.24. The van der Waals surface area contributed by atoms with Crippen LogP contribution in [0.2, 0.25) is 0 Å². The molecule has 6 nitrogen and oxygen atoms in total. The van der Waals surface area contributed by atoms with Gasteiger partial charge in [-0.1, -0.05) is 12.1 Å². The number of nitrogens with zero attached hydrogens (tertiary/aromatic N) is 3. The highest BCUT2D eigenvalue weighted by molar-refractivity contribution is 5.99. The van der Waals surface area contributed by atoms with Crippen LogP contribution in [0.3, 0.4) is 0 Å². The van der Waals surface area contributed by atoms with E-state index in [9.17, 15) is 4.79 Å². The van der Waals surface area contributed by atoms with Crippen molar-refractivity contribution < 1.29 is 14.3 Å². The Labute approximate surface area is 179 Å².